The molecule has 0 spiro atoms. The van der Waals surface area contributed by atoms with E-state index in [0.29, 0.717) is 23.4 Å². The van der Waals surface area contributed by atoms with Crippen molar-refractivity contribution < 1.29 is 4.39 Å². The topological polar surface area (TPSA) is 17.8 Å². The zero-order valence-electron chi connectivity index (χ0n) is 12.8. The highest BCUT2D eigenvalue weighted by Gasteiger charge is 2.32. The lowest BCUT2D eigenvalue weighted by atomic mass is 9.78. The van der Waals surface area contributed by atoms with Crippen LogP contribution in [-0.4, -0.2) is 9.55 Å². The van der Waals surface area contributed by atoms with E-state index in [1.165, 1.54) is 18.9 Å². The van der Waals surface area contributed by atoms with Gasteiger partial charge in [0.2, 0.25) is 0 Å². The van der Waals surface area contributed by atoms with Gasteiger partial charge in [0.25, 0.3) is 0 Å². The van der Waals surface area contributed by atoms with E-state index in [0.717, 1.165) is 17.8 Å². The van der Waals surface area contributed by atoms with Crippen LogP contribution in [0.1, 0.15) is 57.3 Å². The van der Waals surface area contributed by atoms with E-state index in [2.05, 4.69) is 23.4 Å². The normalized spacial score (nSPS) is 28.0. The Labute approximate surface area is 130 Å². The molecule has 0 N–H and O–H groups in total. The van der Waals surface area contributed by atoms with Crippen molar-refractivity contribution in [2.24, 2.45) is 11.8 Å². The number of aromatic nitrogens is 2. The van der Waals surface area contributed by atoms with E-state index in [4.69, 9.17) is 11.6 Å². The highest BCUT2D eigenvalue weighted by Crippen LogP contribution is 2.41. The first-order valence-corrected chi connectivity index (χ1v) is 8.24. The summed E-state index contributed by atoms with van der Waals surface area (Å²) in [6.45, 7) is 6.51. The number of alkyl halides is 1. The van der Waals surface area contributed by atoms with Gasteiger partial charge in [0.05, 0.1) is 10.9 Å². The van der Waals surface area contributed by atoms with Gasteiger partial charge in [-0.3, -0.25) is 0 Å². The van der Waals surface area contributed by atoms with E-state index in [1.807, 2.05) is 13.0 Å². The predicted octanol–water partition coefficient (Wildman–Crippen LogP) is 5.47. The quantitative estimate of drug-likeness (QED) is 0.672. The average Bonchev–Trinajstić information content (AvgIpc) is 2.83. The second kappa shape index (κ2) is 5.60. The Balaban J connectivity index is 2.20. The van der Waals surface area contributed by atoms with Crippen LogP contribution in [0.25, 0.3) is 11.0 Å². The van der Waals surface area contributed by atoms with E-state index >= 15 is 0 Å². The molecule has 1 aliphatic rings. The Morgan fingerprint density at radius 2 is 2.10 bits per heavy atom. The summed E-state index contributed by atoms with van der Waals surface area (Å²) in [4.78, 5) is 4.50. The number of rotatable bonds is 2. The van der Waals surface area contributed by atoms with E-state index in [-0.39, 0.29) is 11.2 Å². The first kappa shape index (κ1) is 14.8. The van der Waals surface area contributed by atoms with Crippen LogP contribution in [-0.2, 0) is 0 Å². The molecule has 0 aliphatic heterocycles. The van der Waals surface area contributed by atoms with Crippen LogP contribution < -0.4 is 0 Å². The molecule has 0 amide bonds. The maximum atomic E-state index is 14.1. The van der Waals surface area contributed by atoms with Crippen LogP contribution >= 0.6 is 11.6 Å². The predicted molar refractivity (Wildman–Crippen MR) is 85.2 cm³/mol. The lowest BCUT2D eigenvalue weighted by Gasteiger charge is -2.36. The monoisotopic (exact) mass is 308 g/mol. The molecule has 0 radical (unpaired) electrons. The lowest BCUT2D eigenvalue weighted by Crippen LogP contribution is -2.28. The standard InChI is InChI=1S/C17H22ClFN2/c1-10-6-4-8-14(11(10)2)21-15-9-5-7-13(19)16(15)20-17(21)12(3)18/h5,7,9-12,14H,4,6,8H2,1-3H3. The summed E-state index contributed by atoms with van der Waals surface area (Å²) >= 11 is 6.33. The molecule has 3 rings (SSSR count). The van der Waals surface area contributed by atoms with E-state index < -0.39 is 0 Å². The smallest absolute Gasteiger partial charge is 0.151 e. The zero-order valence-corrected chi connectivity index (χ0v) is 13.6. The molecule has 4 unspecified atom stereocenters. The third-order valence-electron chi connectivity index (χ3n) is 5.05. The minimum Gasteiger partial charge on any atom is -0.323 e. The number of imidazole rings is 1. The molecule has 1 aromatic heterocycles. The molecule has 1 heterocycles. The first-order chi connectivity index (χ1) is 10.0. The first-order valence-electron chi connectivity index (χ1n) is 7.81. The number of benzene rings is 1. The van der Waals surface area contributed by atoms with Crippen molar-refractivity contribution in [2.75, 3.05) is 0 Å². The molecular weight excluding hydrogens is 287 g/mol. The zero-order chi connectivity index (χ0) is 15.1. The van der Waals surface area contributed by atoms with Gasteiger partial charge >= 0.3 is 0 Å². The van der Waals surface area contributed by atoms with Gasteiger partial charge in [-0.25, -0.2) is 9.37 Å². The van der Waals surface area contributed by atoms with Crippen molar-refractivity contribution in [3.63, 3.8) is 0 Å². The Morgan fingerprint density at radius 3 is 2.81 bits per heavy atom. The van der Waals surface area contributed by atoms with E-state index in [9.17, 15) is 4.39 Å². The second-order valence-electron chi connectivity index (χ2n) is 6.40. The fourth-order valence-electron chi connectivity index (χ4n) is 3.65. The molecule has 4 heteroatoms. The van der Waals surface area contributed by atoms with Crippen molar-refractivity contribution in [3.05, 3.63) is 29.8 Å². The number of halogens is 2. The van der Waals surface area contributed by atoms with Gasteiger partial charge in [-0.15, -0.1) is 11.6 Å². The molecule has 114 valence electrons. The van der Waals surface area contributed by atoms with Gasteiger partial charge in [-0.2, -0.15) is 0 Å². The van der Waals surface area contributed by atoms with Crippen molar-refractivity contribution in [1.29, 1.82) is 0 Å². The summed E-state index contributed by atoms with van der Waals surface area (Å²) in [5, 5.41) is -0.221. The van der Waals surface area contributed by atoms with Crippen LogP contribution in [0.4, 0.5) is 4.39 Å². The van der Waals surface area contributed by atoms with Crippen molar-refractivity contribution in [1.82, 2.24) is 9.55 Å². The average molecular weight is 309 g/mol. The third-order valence-corrected chi connectivity index (χ3v) is 5.24. The molecule has 1 saturated carbocycles. The number of fused-ring (bicyclic) bond motifs is 1. The number of nitrogens with zero attached hydrogens (tertiary/aromatic N) is 2. The Kier molecular flexibility index (Phi) is 3.96. The number of para-hydroxylation sites is 1. The summed E-state index contributed by atoms with van der Waals surface area (Å²) in [6, 6.07) is 5.54. The maximum absolute atomic E-state index is 14.1. The fourth-order valence-corrected chi connectivity index (χ4v) is 3.80. The van der Waals surface area contributed by atoms with Gasteiger partial charge in [0, 0.05) is 6.04 Å². The highest BCUT2D eigenvalue weighted by molar-refractivity contribution is 6.20. The van der Waals surface area contributed by atoms with Crippen molar-refractivity contribution in [2.45, 2.75) is 51.5 Å². The van der Waals surface area contributed by atoms with Gasteiger partial charge in [-0.1, -0.05) is 32.8 Å². The lowest BCUT2D eigenvalue weighted by molar-refractivity contribution is 0.186. The largest absolute Gasteiger partial charge is 0.323 e. The Bertz CT molecular complexity index is 650. The third kappa shape index (κ3) is 2.46. The van der Waals surface area contributed by atoms with Gasteiger partial charge in [-0.05, 0) is 37.3 Å². The van der Waals surface area contributed by atoms with Crippen LogP contribution in [0.2, 0.25) is 0 Å². The van der Waals surface area contributed by atoms with Gasteiger partial charge in [0.1, 0.15) is 11.3 Å². The molecule has 4 atom stereocenters. The maximum Gasteiger partial charge on any atom is 0.151 e. The SMILES string of the molecule is CC(Cl)c1nc2c(F)cccc2n1C1CCCC(C)C1C. The van der Waals surface area contributed by atoms with Crippen molar-refractivity contribution >= 4 is 22.6 Å². The van der Waals surface area contributed by atoms with E-state index in [1.54, 1.807) is 6.07 Å². The van der Waals surface area contributed by atoms with Crippen LogP contribution in [0.5, 0.6) is 0 Å². The molecule has 2 nitrogen and oxygen atoms in total. The van der Waals surface area contributed by atoms with Crippen LogP contribution in [0.15, 0.2) is 18.2 Å². The molecule has 1 fully saturated rings. The molecule has 1 aliphatic carbocycles. The molecule has 21 heavy (non-hydrogen) atoms. The Morgan fingerprint density at radius 1 is 1.33 bits per heavy atom. The number of hydrogen-bond donors (Lipinski definition) is 0. The molecule has 0 saturated heterocycles. The number of hydrogen-bond acceptors (Lipinski definition) is 1. The summed E-state index contributed by atoms with van der Waals surface area (Å²) in [7, 11) is 0. The molecular formula is C17H22ClFN2. The minimum atomic E-state index is -0.263. The Hall–Kier alpha value is -1.09. The summed E-state index contributed by atoms with van der Waals surface area (Å²) in [6.07, 6.45) is 3.59. The molecule has 2 aromatic rings. The molecule has 1 aromatic carbocycles. The minimum absolute atomic E-state index is 0.221. The van der Waals surface area contributed by atoms with Gasteiger partial charge < -0.3 is 4.57 Å². The second-order valence-corrected chi connectivity index (χ2v) is 7.05. The summed E-state index contributed by atoms with van der Waals surface area (Å²) in [5.74, 6) is 1.76. The van der Waals surface area contributed by atoms with Crippen LogP contribution in [0.3, 0.4) is 0 Å². The fraction of sp³-hybridized carbons (Fsp3) is 0.588. The van der Waals surface area contributed by atoms with Crippen LogP contribution in [0, 0.1) is 17.7 Å². The molecule has 0 bridgehead atoms. The van der Waals surface area contributed by atoms with Crippen molar-refractivity contribution in [3.8, 4) is 0 Å². The summed E-state index contributed by atoms with van der Waals surface area (Å²) < 4.78 is 16.3. The highest BCUT2D eigenvalue weighted by atomic mass is 35.5. The van der Waals surface area contributed by atoms with Gasteiger partial charge in [0.15, 0.2) is 5.82 Å². The summed E-state index contributed by atoms with van der Waals surface area (Å²) in [5.41, 5.74) is 1.33.